The lowest BCUT2D eigenvalue weighted by molar-refractivity contribution is -0.124. The van der Waals surface area contributed by atoms with E-state index in [-0.39, 0.29) is 0 Å². The summed E-state index contributed by atoms with van der Waals surface area (Å²) in [4.78, 5) is 11.0. The van der Waals surface area contributed by atoms with Crippen LogP contribution in [0.4, 0.5) is 5.69 Å². The molecular weight excluding hydrogens is 314 g/mol. The first-order valence-corrected chi connectivity index (χ1v) is 8.51. The van der Waals surface area contributed by atoms with Gasteiger partial charge in [-0.25, -0.2) is 5.48 Å². The largest absolute Gasteiger partial charge is 0.384 e. The van der Waals surface area contributed by atoms with Gasteiger partial charge in [0.25, 0.3) is 5.91 Å². The first-order chi connectivity index (χ1) is 12.3. The highest BCUT2D eigenvalue weighted by atomic mass is 16.5. The maximum Gasteiger partial charge on any atom is 0.267 e. The predicted molar refractivity (Wildman–Crippen MR) is 99.4 cm³/mol. The summed E-state index contributed by atoms with van der Waals surface area (Å²) in [5.41, 5.74) is 6.38. The van der Waals surface area contributed by atoms with Crippen LogP contribution >= 0.6 is 0 Å². The molecule has 5 nitrogen and oxygen atoms in total. The Labute approximate surface area is 147 Å². The number of benzene rings is 2. The van der Waals surface area contributed by atoms with Gasteiger partial charge >= 0.3 is 0 Å². The molecule has 3 rings (SSSR count). The zero-order valence-electron chi connectivity index (χ0n) is 14.0. The van der Waals surface area contributed by atoms with E-state index in [2.05, 4.69) is 34.9 Å². The van der Waals surface area contributed by atoms with Gasteiger partial charge in [-0.1, -0.05) is 42.5 Å². The molecule has 0 aliphatic carbocycles. The molecule has 0 fully saturated rings. The molecule has 0 saturated carbocycles. The number of hydrogen-bond acceptors (Lipinski definition) is 4. The van der Waals surface area contributed by atoms with E-state index in [1.54, 1.807) is 11.6 Å². The molecule has 25 heavy (non-hydrogen) atoms. The summed E-state index contributed by atoms with van der Waals surface area (Å²) in [7, 11) is 0. The van der Waals surface area contributed by atoms with E-state index in [1.165, 1.54) is 22.9 Å². The van der Waals surface area contributed by atoms with Crippen LogP contribution in [0.15, 0.2) is 54.6 Å². The van der Waals surface area contributed by atoms with Crippen LogP contribution in [-0.2, 0) is 11.3 Å². The minimum atomic E-state index is -0.534. The Hall–Kier alpha value is -2.63. The molecule has 1 heterocycles. The summed E-state index contributed by atoms with van der Waals surface area (Å²) in [6.45, 7) is 2.81. The summed E-state index contributed by atoms with van der Waals surface area (Å²) >= 11 is 0. The topological polar surface area (TPSA) is 73.4 Å². The van der Waals surface area contributed by atoms with Crippen LogP contribution in [0.2, 0.25) is 0 Å². The molecule has 1 amide bonds. The monoisotopic (exact) mass is 337 g/mol. The third-order valence-corrected chi connectivity index (χ3v) is 4.46. The average molecular weight is 337 g/mol. The van der Waals surface area contributed by atoms with Crippen molar-refractivity contribution in [2.24, 2.45) is 0 Å². The second kappa shape index (κ2) is 8.46. The van der Waals surface area contributed by atoms with E-state index < -0.39 is 5.91 Å². The Morgan fingerprint density at radius 3 is 2.80 bits per heavy atom. The van der Waals surface area contributed by atoms with Crippen molar-refractivity contribution >= 4 is 17.7 Å². The molecule has 5 heteroatoms. The molecule has 2 aromatic rings. The van der Waals surface area contributed by atoms with E-state index in [0.717, 1.165) is 31.6 Å². The average Bonchev–Trinajstić information content (AvgIpc) is 3.07. The second-order valence-corrected chi connectivity index (χ2v) is 6.18. The van der Waals surface area contributed by atoms with Gasteiger partial charge in [0, 0.05) is 30.8 Å². The lowest BCUT2D eigenvalue weighted by Crippen LogP contribution is -2.18. The minimum Gasteiger partial charge on any atom is -0.384 e. The summed E-state index contributed by atoms with van der Waals surface area (Å²) < 4.78 is 0. The number of hydroxylamine groups is 1. The van der Waals surface area contributed by atoms with Gasteiger partial charge in [0.15, 0.2) is 0 Å². The molecule has 0 spiro atoms. The van der Waals surface area contributed by atoms with Gasteiger partial charge in [0.1, 0.15) is 0 Å². The van der Waals surface area contributed by atoms with Crippen LogP contribution in [0.25, 0.3) is 6.08 Å². The standard InChI is InChI=1S/C20H23N3O2/c24-20(23-25)10-9-15-5-7-16(8-6-15)13-21-12-11-17-14-22-19-4-2-1-3-18(17)19/h1-10,17,21-22,25H,11-14H2,(H,23,24). The Morgan fingerprint density at radius 1 is 1.20 bits per heavy atom. The van der Waals surface area contributed by atoms with E-state index in [9.17, 15) is 4.79 Å². The van der Waals surface area contributed by atoms with Crippen LogP contribution in [0.1, 0.15) is 29.0 Å². The first-order valence-electron chi connectivity index (χ1n) is 8.51. The molecule has 1 atom stereocenters. The lowest BCUT2D eigenvalue weighted by Gasteiger charge is -2.11. The number of fused-ring (bicyclic) bond motifs is 1. The van der Waals surface area contributed by atoms with Crippen molar-refractivity contribution in [3.63, 3.8) is 0 Å². The molecule has 4 N–H and O–H groups in total. The number of amides is 1. The van der Waals surface area contributed by atoms with Crippen molar-refractivity contribution < 1.29 is 10.0 Å². The molecule has 1 unspecified atom stereocenters. The Morgan fingerprint density at radius 2 is 2.00 bits per heavy atom. The van der Waals surface area contributed by atoms with Gasteiger partial charge in [-0.3, -0.25) is 10.0 Å². The van der Waals surface area contributed by atoms with Crippen LogP contribution in [0.3, 0.4) is 0 Å². The van der Waals surface area contributed by atoms with Gasteiger partial charge in [0.05, 0.1) is 0 Å². The predicted octanol–water partition coefficient (Wildman–Crippen LogP) is 2.89. The highest BCUT2D eigenvalue weighted by molar-refractivity contribution is 5.90. The SMILES string of the molecule is O=C(C=Cc1ccc(CNCCC2CNc3ccccc32)cc1)NO. The zero-order valence-corrected chi connectivity index (χ0v) is 14.0. The van der Waals surface area contributed by atoms with Gasteiger partial charge in [0.2, 0.25) is 0 Å². The fourth-order valence-corrected chi connectivity index (χ4v) is 3.08. The molecule has 1 aliphatic heterocycles. The highest BCUT2D eigenvalue weighted by Crippen LogP contribution is 2.32. The number of carbonyl (C=O) groups is 1. The first kappa shape index (κ1) is 17.2. The number of nitrogens with one attached hydrogen (secondary N) is 3. The summed E-state index contributed by atoms with van der Waals surface area (Å²) in [5, 5.41) is 15.4. The van der Waals surface area contributed by atoms with Crippen molar-refractivity contribution in [1.29, 1.82) is 0 Å². The van der Waals surface area contributed by atoms with Crippen molar-refractivity contribution in [3.8, 4) is 0 Å². The number of carbonyl (C=O) groups excluding carboxylic acids is 1. The van der Waals surface area contributed by atoms with E-state index in [1.807, 2.05) is 24.3 Å². The molecular formula is C20H23N3O2. The number of hydrogen-bond donors (Lipinski definition) is 4. The molecule has 0 aromatic heterocycles. The van der Waals surface area contributed by atoms with Gasteiger partial charge in [-0.05, 0) is 41.8 Å². The summed E-state index contributed by atoms with van der Waals surface area (Å²) in [6, 6.07) is 16.5. The van der Waals surface area contributed by atoms with Gasteiger partial charge < -0.3 is 10.6 Å². The number of rotatable bonds is 7. The Kier molecular flexibility index (Phi) is 5.82. The third kappa shape index (κ3) is 4.68. The smallest absolute Gasteiger partial charge is 0.267 e. The molecule has 0 bridgehead atoms. The van der Waals surface area contributed by atoms with Gasteiger partial charge in [-0.2, -0.15) is 0 Å². The van der Waals surface area contributed by atoms with Crippen LogP contribution < -0.4 is 16.1 Å². The van der Waals surface area contributed by atoms with E-state index in [4.69, 9.17) is 5.21 Å². The fraction of sp³-hybridized carbons (Fsp3) is 0.250. The molecule has 0 saturated heterocycles. The minimum absolute atomic E-state index is 0.534. The van der Waals surface area contributed by atoms with E-state index >= 15 is 0 Å². The number of anilines is 1. The third-order valence-electron chi connectivity index (χ3n) is 4.46. The fourth-order valence-electron chi connectivity index (χ4n) is 3.08. The van der Waals surface area contributed by atoms with Crippen LogP contribution in [0, 0.1) is 0 Å². The van der Waals surface area contributed by atoms with Crippen molar-refractivity contribution in [2.45, 2.75) is 18.9 Å². The Bertz CT molecular complexity index is 741. The summed E-state index contributed by atoms with van der Waals surface area (Å²) in [5.74, 6) is 0.0441. The van der Waals surface area contributed by atoms with E-state index in [0.29, 0.717) is 5.92 Å². The molecule has 2 aromatic carbocycles. The number of para-hydroxylation sites is 1. The van der Waals surface area contributed by atoms with Crippen molar-refractivity contribution in [2.75, 3.05) is 18.4 Å². The quantitative estimate of drug-likeness (QED) is 0.271. The summed E-state index contributed by atoms with van der Waals surface area (Å²) in [6.07, 6.45) is 4.06. The Balaban J connectivity index is 1.42. The van der Waals surface area contributed by atoms with Gasteiger partial charge in [-0.15, -0.1) is 0 Å². The van der Waals surface area contributed by atoms with Crippen molar-refractivity contribution in [1.82, 2.24) is 10.8 Å². The van der Waals surface area contributed by atoms with Crippen LogP contribution in [-0.4, -0.2) is 24.2 Å². The normalized spacial score (nSPS) is 15.8. The molecule has 130 valence electrons. The highest BCUT2D eigenvalue weighted by Gasteiger charge is 2.20. The molecule has 1 aliphatic rings. The second-order valence-electron chi connectivity index (χ2n) is 6.18. The zero-order chi connectivity index (χ0) is 17.5. The van der Waals surface area contributed by atoms with Crippen molar-refractivity contribution in [3.05, 3.63) is 71.3 Å². The lowest BCUT2D eigenvalue weighted by atomic mass is 9.98. The molecule has 0 radical (unpaired) electrons. The maximum atomic E-state index is 11.0. The maximum absolute atomic E-state index is 11.0. The van der Waals surface area contributed by atoms with Crippen LogP contribution in [0.5, 0.6) is 0 Å².